The number of ether oxygens (including phenoxy) is 1. The smallest absolute Gasteiger partial charge is 0.175 e. The molecule has 0 aromatic carbocycles. The number of rotatable bonds is 2. The Balaban J connectivity index is 2.06. The molecule has 88 valence electrons. The van der Waals surface area contributed by atoms with Crippen molar-refractivity contribution in [3.05, 3.63) is 0 Å². The molecular formula is C8H15NO6. The fourth-order valence-electron chi connectivity index (χ4n) is 1.82. The number of hydrogen-bond acceptors (Lipinski definition) is 7. The molecule has 2 aliphatic heterocycles. The van der Waals surface area contributed by atoms with E-state index in [2.05, 4.69) is 0 Å². The number of hydroxylamine groups is 2. The largest absolute Gasteiger partial charge is 0.394 e. The minimum absolute atomic E-state index is 0.208. The summed E-state index contributed by atoms with van der Waals surface area (Å²) in [5, 5.41) is 39.0. The predicted octanol–water partition coefficient (Wildman–Crippen LogP) is -2.62. The van der Waals surface area contributed by atoms with Crippen LogP contribution in [-0.2, 0) is 9.57 Å². The van der Waals surface area contributed by atoms with Gasteiger partial charge in [-0.05, 0) is 6.92 Å². The van der Waals surface area contributed by atoms with Gasteiger partial charge in [0.1, 0.15) is 24.4 Å². The summed E-state index contributed by atoms with van der Waals surface area (Å²) < 4.78 is 4.95. The number of hydrogen-bond donors (Lipinski definition) is 4. The molecule has 2 saturated heterocycles. The maximum Gasteiger partial charge on any atom is 0.175 e. The molecule has 4 N–H and O–H groups in total. The summed E-state index contributed by atoms with van der Waals surface area (Å²) in [6, 6.07) is -0.821. The second-order valence-electron chi connectivity index (χ2n) is 3.78. The van der Waals surface area contributed by atoms with Crippen molar-refractivity contribution < 1.29 is 30.0 Å². The zero-order valence-corrected chi connectivity index (χ0v) is 8.22. The lowest BCUT2D eigenvalue weighted by molar-refractivity contribution is -0.272. The topological polar surface area (TPSA) is 106 Å². The highest BCUT2D eigenvalue weighted by Crippen LogP contribution is 2.32. The normalized spacial score (nSPS) is 55.4. The molecule has 2 fully saturated rings. The predicted molar refractivity (Wildman–Crippen MR) is 46.2 cm³/mol. The van der Waals surface area contributed by atoms with Crippen LogP contribution in [0.3, 0.4) is 0 Å². The molecule has 2 rings (SSSR count). The van der Waals surface area contributed by atoms with E-state index in [1.807, 2.05) is 0 Å². The van der Waals surface area contributed by atoms with Gasteiger partial charge in [-0.15, -0.1) is 5.06 Å². The van der Waals surface area contributed by atoms with Crippen LogP contribution < -0.4 is 0 Å². The van der Waals surface area contributed by atoms with Crippen LogP contribution in [0.1, 0.15) is 6.92 Å². The van der Waals surface area contributed by atoms with Crippen LogP contribution in [-0.4, -0.2) is 69.0 Å². The first-order chi connectivity index (χ1) is 7.06. The van der Waals surface area contributed by atoms with Gasteiger partial charge in [-0.25, -0.2) is 0 Å². The zero-order valence-electron chi connectivity index (χ0n) is 8.22. The van der Waals surface area contributed by atoms with Crippen molar-refractivity contribution in [2.24, 2.45) is 0 Å². The van der Waals surface area contributed by atoms with Crippen molar-refractivity contribution in [2.75, 3.05) is 6.61 Å². The SMILES string of the molecule is CC1ON1[C@@H]1[C@@H](O)[C@H](O)[C@@H](CO)O[C@@H]1O. The third-order valence-electron chi connectivity index (χ3n) is 2.75. The molecule has 7 atom stereocenters. The monoisotopic (exact) mass is 221 g/mol. The lowest BCUT2D eigenvalue weighted by Crippen LogP contribution is -2.61. The molecule has 0 bridgehead atoms. The summed E-state index contributed by atoms with van der Waals surface area (Å²) in [4.78, 5) is 4.97. The van der Waals surface area contributed by atoms with Crippen LogP contribution >= 0.6 is 0 Å². The van der Waals surface area contributed by atoms with Gasteiger partial charge in [-0.3, -0.25) is 4.84 Å². The van der Waals surface area contributed by atoms with Crippen molar-refractivity contribution in [2.45, 2.75) is 43.8 Å². The van der Waals surface area contributed by atoms with Gasteiger partial charge in [-0.2, -0.15) is 0 Å². The van der Waals surface area contributed by atoms with Gasteiger partial charge in [0.25, 0.3) is 0 Å². The second-order valence-corrected chi connectivity index (χ2v) is 3.78. The molecule has 0 aliphatic carbocycles. The second kappa shape index (κ2) is 3.95. The van der Waals surface area contributed by atoms with Crippen molar-refractivity contribution >= 4 is 0 Å². The highest BCUT2D eigenvalue weighted by atomic mass is 16.8. The summed E-state index contributed by atoms with van der Waals surface area (Å²) in [6.45, 7) is 1.28. The summed E-state index contributed by atoms with van der Waals surface area (Å²) in [7, 11) is 0. The maximum absolute atomic E-state index is 9.71. The van der Waals surface area contributed by atoms with E-state index in [0.717, 1.165) is 0 Å². The third-order valence-corrected chi connectivity index (χ3v) is 2.75. The minimum atomic E-state index is -1.29. The molecule has 2 heterocycles. The highest BCUT2D eigenvalue weighted by molar-refractivity contribution is 4.94. The average molecular weight is 221 g/mol. The van der Waals surface area contributed by atoms with E-state index in [-0.39, 0.29) is 6.23 Å². The lowest BCUT2D eigenvalue weighted by atomic mass is 9.97. The van der Waals surface area contributed by atoms with Gasteiger partial charge in [0.05, 0.1) is 6.61 Å². The molecule has 0 saturated carbocycles. The van der Waals surface area contributed by atoms with Crippen LogP contribution in [0.4, 0.5) is 0 Å². The Kier molecular flexibility index (Phi) is 2.95. The van der Waals surface area contributed by atoms with Crippen molar-refractivity contribution in [1.29, 1.82) is 0 Å². The first kappa shape index (κ1) is 11.2. The Bertz CT molecular complexity index is 239. The minimum Gasteiger partial charge on any atom is -0.394 e. The van der Waals surface area contributed by atoms with Crippen molar-refractivity contribution in [3.8, 4) is 0 Å². The Labute approximate surface area is 86.4 Å². The van der Waals surface area contributed by atoms with E-state index >= 15 is 0 Å². The molecule has 15 heavy (non-hydrogen) atoms. The van der Waals surface area contributed by atoms with Gasteiger partial charge in [-0.1, -0.05) is 0 Å². The first-order valence-electron chi connectivity index (χ1n) is 4.82. The standard InChI is InChI=1S/C8H15NO6/c1-3-9(15-3)5-7(12)6(11)4(2-10)14-8(5)13/h3-8,10-13H,2H2,1H3/t3?,4-,5-,6-,7-,8+,9?/m1/s1. The first-order valence-corrected chi connectivity index (χ1v) is 4.82. The Hall–Kier alpha value is -0.280. The van der Waals surface area contributed by atoms with E-state index in [9.17, 15) is 15.3 Å². The van der Waals surface area contributed by atoms with Crippen LogP contribution in [0.25, 0.3) is 0 Å². The van der Waals surface area contributed by atoms with Crippen molar-refractivity contribution in [1.82, 2.24) is 5.06 Å². The fraction of sp³-hybridized carbons (Fsp3) is 1.00. The summed E-state index contributed by atoms with van der Waals surface area (Å²) in [6.07, 6.45) is -4.91. The van der Waals surface area contributed by atoms with Crippen molar-refractivity contribution in [3.63, 3.8) is 0 Å². The van der Waals surface area contributed by atoms with E-state index in [1.165, 1.54) is 5.06 Å². The molecule has 2 aliphatic rings. The molecular weight excluding hydrogens is 206 g/mol. The summed E-state index contributed by atoms with van der Waals surface area (Å²) in [5.41, 5.74) is 0. The van der Waals surface area contributed by atoms with Crippen LogP contribution in [0.2, 0.25) is 0 Å². The van der Waals surface area contributed by atoms with E-state index in [1.54, 1.807) is 6.92 Å². The Morgan fingerprint density at radius 1 is 1.20 bits per heavy atom. The molecule has 0 amide bonds. The number of nitrogens with zero attached hydrogens (tertiary/aromatic N) is 1. The summed E-state index contributed by atoms with van der Waals surface area (Å²) in [5.74, 6) is 0. The Morgan fingerprint density at radius 3 is 2.27 bits per heavy atom. The summed E-state index contributed by atoms with van der Waals surface area (Å²) >= 11 is 0. The van der Waals surface area contributed by atoms with Gasteiger partial charge in [0.15, 0.2) is 12.5 Å². The molecule has 7 nitrogen and oxygen atoms in total. The van der Waals surface area contributed by atoms with Gasteiger partial charge >= 0.3 is 0 Å². The van der Waals surface area contributed by atoms with Gasteiger partial charge in [0.2, 0.25) is 0 Å². The number of aliphatic hydroxyl groups excluding tert-OH is 4. The van der Waals surface area contributed by atoms with E-state index in [0.29, 0.717) is 0 Å². The molecule has 0 aromatic rings. The molecule has 0 spiro atoms. The lowest BCUT2D eigenvalue weighted by Gasteiger charge is -2.39. The quantitative estimate of drug-likeness (QED) is 0.378. The van der Waals surface area contributed by atoms with Gasteiger partial charge in [0, 0.05) is 0 Å². The van der Waals surface area contributed by atoms with Crippen LogP contribution in [0.15, 0.2) is 0 Å². The third kappa shape index (κ3) is 1.87. The van der Waals surface area contributed by atoms with Gasteiger partial charge < -0.3 is 25.2 Å². The molecule has 0 aromatic heterocycles. The molecule has 7 heteroatoms. The van der Waals surface area contributed by atoms with Crippen LogP contribution in [0, 0.1) is 0 Å². The maximum atomic E-state index is 9.71. The number of aliphatic hydroxyl groups is 4. The Morgan fingerprint density at radius 2 is 1.80 bits per heavy atom. The fourth-order valence-corrected chi connectivity index (χ4v) is 1.82. The molecule has 2 unspecified atom stereocenters. The van der Waals surface area contributed by atoms with E-state index < -0.39 is 37.3 Å². The van der Waals surface area contributed by atoms with E-state index in [4.69, 9.17) is 14.7 Å². The highest BCUT2D eigenvalue weighted by Gasteiger charge is 2.53. The molecule has 0 radical (unpaired) electrons. The zero-order chi connectivity index (χ0) is 11.2. The van der Waals surface area contributed by atoms with Crippen LogP contribution in [0.5, 0.6) is 0 Å². The average Bonchev–Trinajstić information content (AvgIpc) is 2.89.